The molecule has 1 unspecified atom stereocenters. The summed E-state index contributed by atoms with van der Waals surface area (Å²) in [7, 11) is 0. The maximum atomic E-state index is 12.7. The minimum atomic E-state index is -0.138. The molecule has 0 saturated carbocycles. The number of aromatic nitrogens is 4. The van der Waals surface area contributed by atoms with Crippen LogP contribution in [0.25, 0.3) is 0 Å². The van der Waals surface area contributed by atoms with E-state index in [1.54, 1.807) is 6.92 Å². The highest BCUT2D eigenvalue weighted by Gasteiger charge is 2.34. The van der Waals surface area contributed by atoms with E-state index in [4.69, 9.17) is 4.52 Å². The number of nitrogens with zero attached hydrogens (tertiary/aromatic N) is 5. The van der Waals surface area contributed by atoms with Crippen molar-refractivity contribution in [3.8, 4) is 0 Å². The van der Waals surface area contributed by atoms with E-state index >= 15 is 0 Å². The van der Waals surface area contributed by atoms with Gasteiger partial charge in [0.15, 0.2) is 5.82 Å². The zero-order valence-electron chi connectivity index (χ0n) is 12.1. The van der Waals surface area contributed by atoms with Gasteiger partial charge in [-0.3, -0.25) is 4.79 Å². The Morgan fingerprint density at radius 1 is 1.48 bits per heavy atom. The third-order valence-corrected chi connectivity index (χ3v) is 4.51. The van der Waals surface area contributed by atoms with Gasteiger partial charge in [0, 0.05) is 13.0 Å². The summed E-state index contributed by atoms with van der Waals surface area (Å²) < 4.78 is 9.19. The van der Waals surface area contributed by atoms with Crippen LogP contribution in [-0.4, -0.2) is 37.1 Å². The Kier molecular flexibility index (Phi) is 3.96. The van der Waals surface area contributed by atoms with Gasteiger partial charge in [0.25, 0.3) is 5.91 Å². The predicted octanol–water partition coefficient (Wildman–Crippen LogP) is 2.16. The predicted molar refractivity (Wildman–Crippen MR) is 76.0 cm³/mol. The molecule has 1 aliphatic rings. The van der Waals surface area contributed by atoms with Crippen LogP contribution in [-0.2, 0) is 6.42 Å². The quantitative estimate of drug-likeness (QED) is 0.864. The molecule has 7 nitrogen and oxygen atoms in total. The summed E-state index contributed by atoms with van der Waals surface area (Å²) >= 11 is 1.14. The van der Waals surface area contributed by atoms with Crippen LogP contribution in [0.4, 0.5) is 0 Å². The molecular formula is C13H17N5O2S. The number of amides is 1. The lowest BCUT2D eigenvalue weighted by Crippen LogP contribution is -2.38. The number of hydrogen-bond donors (Lipinski definition) is 0. The Hall–Kier alpha value is -1.83. The molecule has 21 heavy (non-hydrogen) atoms. The van der Waals surface area contributed by atoms with Crippen LogP contribution >= 0.6 is 11.5 Å². The fourth-order valence-corrected chi connectivity index (χ4v) is 3.15. The maximum absolute atomic E-state index is 12.7. The molecule has 2 aromatic heterocycles. The lowest BCUT2D eigenvalue weighted by molar-refractivity contribution is 0.0565. The van der Waals surface area contributed by atoms with Crippen LogP contribution in [0.2, 0.25) is 0 Å². The van der Waals surface area contributed by atoms with Gasteiger partial charge in [-0.1, -0.05) is 16.6 Å². The van der Waals surface area contributed by atoms with Crippen molar-refractivity contribution in [1.29, 1.82) is 0 Å². The molecule has 0 N–H and O–H groups in total. The van der Waals surface area contributed by atoms with Gasteiger partial charge < -0.3 is 9.42 Å². The molecule has 1 amide bonds. The highest BCUT2D eigenvalue weighted by molar-refractivity contribution is 7.07. The van der Waals surface area contributed by atoms with E-state index < -0.39 is 0 Å². The van der Waals surface area contributed by atoms with Crippen molar-refractivity contribution < 1.29 is 9.32 Å². The molecule has 2 aromatic rings. The lowest BCUT2D eigenvalue weighted by Gasteiger charge is -2.33. The van der Waals surface area contributed by atoms with Gasteiger partial charge in [-0.25, -0.2) is 0 Å². The third kappa shape index (κ3) is 2.67. The number of carbonyl (C=O) groups is 1. The van der Waals surface area contributed by atoms with E-state index in [-0.39, 0.29) is 11.9 Å². The highest BCUT2D eigenvalue weighted by Crippen LogP contribution is 2.32. The molecule has 0 aliphatic carbocycles. The summed E-state index contributed by atoms with van der Waals surface area (Å²) in [6.45, 7) is 4.48. The van der Waals surface area contributed by atoms with Crippen LogP contribution < -0.4 is 0 Å². The molecule has 8 heteroatoms. The van der Waals surface area contributed by atoms with Crippen LogP contribution in [0.15, 0.2) is 4.52 Å². The molecule has 3 rings (SSSR count). The smallest absolute Gasteiger partial charge is 0.268 e. The van der Waals surface area contributed by atoms with E-state index in [0.29, 0.717) is 28.8 Å². The molecule has 1 saturated heterocycles. The maximum Gasteiger partial charge on any atom is 0.268 e. The molecule has 1 atom stereocenters. The second-order valence-electron chi connectivity index (χ2n) is 5.10. The summed E-state index contributed by atoms with van der Waals surface area (Å²) in [5.74, 6) is 1.18. The van der Waals surface area contributed by atoms with Gasteiger partial charge >= 0.3 is 0 Å². The molecular weight excluding hydrogens is 290 g/mol. The summed E-state index contributed by atoms with van der Waals surface area (Å²) in [6, 6.07) is -0.138. The topological polar surface area (TPSA) is 85.0 Å². The fourth-order valence-electron chi connectivity index (χ4n) is 2.54. The van der Waals surface area contributed by atoms with Crippen LogP contribution in [0.1, 0.15) is 59.3 Å². The molecule has 112 valence electrons. The molecule has 0 bridgehead atoms. The van der Waals surface area contributed by atoms with Crippen molar-refractivity contribution in [2.75, 3.05) is 6.54 Å². The fraction of sp³-hybridized carbons (Fsp3) is 0.615. The Bertz CT molecular complexity index is 638. The van der Waals surface area contributed by atoms with E-state index in [9.17, 15) is 4.79 Å². The number of aryl methyl sites for hydroxylation is 2. The van der Waals surface area contributed by atoms with E-state index in [2.05, 4.69) is 19.7 Å². The first-order chi connectivity index (χ1) is 10.2. The lowest BCUT2D eigenvalue weighted by atomic mass is 10.0. The SMILES string of the molecule is CCc1noc(C2CCCCN2C(=O)c2snnc2C)n1. The van der Waals surface area contributed by atoms with Gasteiger partial charge in [0.1, 0.15) is 10.9 Å². The minimum absolute atomic E-state index is 0.0385. The second kappa shape index (κ2) is 5.88. The average molecular weight is 307 g/mol. The van der Waals surface area contributed by atoms with E-state index in [1.807, 2.05) is 11.8 Å². The number of piperidine rings is 1. The van der Waals surface area contributed by atoms with Crippen molar-refractivity contribution in [1.82, 2.24) is 24.6 Å². The summed E-state index contributed by atoms with van der Waals surface area (Å²) in [6.07, 6.45) is 3.62. The number of hydrogen-bond acceptors (Lipinski definition) is 7. The minimum Gasteiger partial charge on any atom is -0.337 e. The molecule has 0 aromatic carbocycles. The van der Waals surface area contributed by atoms with E-state index in [1.165, 1.54) is 0 Å². The first-order valence-electron chi connectivity index (χ1n) is 7.13. The zero-order valence-corrected chi connectivity index (χ0v) is 12.9. The van der Waals surface area contributed by atoms with Gasteiger partial charge in [0.2, 0.25) is 5.89 Å². The average Bonchev–Trinajstić information content (AvgIpc) is 3.15. The molecule has 1 aliphatic heterocycles. The van der Waals surface area contributed by atoms with Crippen LogP contribution in [0, 0.1) is 6.92 Å². The number of rotatable bonds is 3. The van der Waals surface area contributed by atoms with Crippen molar-refractivity contribution in [3.63, 3.8) is 0 Å². The molecule has 0 spiro atoms. The standard InChI is InChI=1S/C13H17N5O2S/c1-3-10-14-12(20-16-10)9-6-4-5-7-18(9)13(19)11-8(2)15-17-21-11/h9H,3-7H2,1-2H3. The van der Waals surface area contributed by atoms with Crippen molar-refractivity contribution in [2.45, 2.75) is 45.6 Å². The summed E-state index contributed by atoms with van der Waals surface area (Å²) in [4.78, 5) is 19.5. The largest absolute Gasteiger partial charge is 0.337 e. The summed E-state index contributed by atoms with van der Waals surface area (Å²) in [5.41, 5.74) is 0.675. The van der Waals surface area contributed by atoms with Crippen molar-refractivity contribution in [2.24, 2.45) is 0 Å². The monoisotopic (exact) mass is 307 g/mol. The normalized spacial score (nSPS) is 19.0. The second-order valence-corrected chi connectivity index (χ2v) is 5.85. The van der Waals surface area contributed by atoms with Gasteiger partial charge in [-0.15, -0.1) is 5.10 Å². The van der Waals surface area contributed by atoms with Gasteiger partial charge in [-0.2, -0.15) is 4.98 Å². The molecule has 3 heterocycles. The Balaban J connectivity index is 1.87. The van der Waals surface area contributed by atoms with Crippen LogP contribution in [0.5, 0.6) is 0 Å². The van der Waals surface area contributed by atoms with E-state index in [0.717, 1.165) is 37.2 Å². The number of carbonyl (C=O) groups excluding carboxylic acids is 1. The molecule has 0 radical (unpaired) electrons. The highest BCUT2D eigenvalue weighted by atomic mass is 32.1. The molecule has 1 fully saturated rings. The van der Waals surface area contributed by atoms with Crippen molar-refractivity contribution in [3.05, 3.63) is 22.3 Å². The van der Waals surface area contributed by atoms with Gasteiger partial charge in [-0.05, 0) is 37.7 Å². The Labute approximate surface area is 126 Å². The van der Waals surface area contributed by atoms with Crippen LogP contribution in [0.3, 0.4) is 0 Å². The first-order valence-corrected chi connectivity index (χ1v) is 7.90. The number of likely N-dealkylation sites (tertiary alicyclic amines) is 1. The Morgan fingerprint density at radius 2 is 2.33 bits per heavy atom. The van der Waals surface area contributed by atoms with Gasteiger partial charge in [0.05, 0.1) is 5.69 Å². The third-order valence-electron chi connectivity index (χ3n) is 3.69. The van der Waals surface area contributed by atoms with Crippen molar-refractivity contribution >= 4 is 17.4 Å². The first kappa shape index (κ1) is 14.1. The zero-order chi connectivity index (χ0) is 14.8. The summed E-state index contributed by atoms with van der Waals surface area (Å²) in [5, 5.41) is 7.86. The Morgan fingerprint density at radius 3 is 3.00 bits per heavy atom.